The quantitative estimate of drug-likeness (QED) is 0.0513. The number of phenolic OH excluding ortho intramolecular Hbond substituents is 1. The highest BCUT2D eigenvalue weighted by molar-refractivity contribution is 8.00. The molecule has 3 aliphatic heterocycles. The predicted octanol–water partition coefficient (Wildman–Crippen LogP) is 2.86. The molecule has 0 bridgehead atoms. The smallest absolute Gasteiger partial charge is 0.352 e. The molecule has 18 heteroatoms. The Kier molecular flexibility index (Phi) is 10.6. The minimum absolute atomic E-state index is 0.0238. The Bertz CT molecular complexity index is 2080. The number of carbonyl (C=O) groups is 5. The third-order valence-electron chi connectivity index (χ3n) is 9.59. The number of carboxylic acids is 1. The number of thioether (sulfide) groups is 1. The number of anilines is 2. The molecule has 5 heterocycles. The number of aromatic nitrogens is 2. The Morgan fingerprint density at radius 2 is 1.93 bits per heavy atom. The van der Waals surface area contributed by atoms with Crippen molar-refractivity contribution >= 4 is 69.2 Å². The first-order chi connectivity index (χ1) is 26.1. The van der Waals surface area contributed by atoms with Crippen LogP contribution in [0, 0.1) is 0 Å². The van der Waals surface area contributed by atoms with Crippen LogP contribution >= 0.6 is 23.1 Å². The van der Waals surface area contributed by atoms with Crippen LogP contribution in [-0.2, 0) is 28.8 Å². The van der Waals surface area contributed by atoms with E-state index in [9.17, 15) is 34.2 Å². The number of aliphatic carboxylic acids is 1. The number of hydrogen-bond acceptors (Lipinski definition) is 13. The number of thiazole rings is 1. The number of allylic oxidation sites excluding steroid dienone is 1. The number of aromatic hydroxyl groups is 1. The van der Waals surface area contributed by atoms with Gasteiger partial charge >= 0.3 is 5.97 Å². The van der Waals surface area contributed by atoms with Crippen LogP contribution in [0.2, 0.25) is 0 Å². The topological polar surface area (TPSA) is 239 Å². The summed E-state index contributed by atoms with van der Waals surface area (Å²) in [6, 6.07) is 8.24. The Morgan fingerprint density at radius 1 is 1.15 bits per heavy atom. The van der Waals surface area contributed by atoms with Crippen molar-refractivity contribution in [3.63, 3.8) is 0 Å². The van der Waals surface area contributed by atoms with E-state index in [1.165, 1.54) is 36.0 Å². The van der Waals surface area contributed by atoms with E-state index in [4.69, 9.17) is 10.6 Å². The van der Waals surface area contributed by atoms with Gasteiger partial charge in [0, 0.05) is 53.7 Å². The van der Waals surface area contributed by atoms with Gasteiger partial charge in [0.25, 0.3) is 11.8 Å². The number of phenols is 1. The number of pyridine rings is 1. The van der Waals surface area contributed by atoms with E-state index in [1.54, 1.807) is 29.9 Å². The average molecular weight is 773 g/mol. The van der Waals surface area contributed by atoms with Crippen molar-refractivity contribution in [3.05, 3.63) is 87.8 Å². The number of carbonyl (C=O) groups excluding carboxylic acids is 4. The van der Waals surface area contributed by atoms with Crippen molar-refractivity contribution in [2.24, 2.45) is 5.16 Å². The maximum atomic E-state index is 13.9. The Morgan fingerprint density at radius 3 is 2.57 bits per heavy atom. The number of hydrogen-bond donors (Lipinski definition) is 6. The second-order valence-corrected chi connectivity index (χ2v) is 15.0. The molecular formula is C36H36N8O8S2. The molecule has 54 heavy (non-hydrogen) atoms. The molecule has 280 valence electrons. The van der Waals surface area contributed by atoms with Gasteiger partial charge in [0.1, 0.15) is 34.7 Å². The number of nitrogens with one attached hydrogen (secondary N) is 3. The summed E-state index contributed by atoms with van der Waals surface area (Å²) in [5.74, 6) is -4.44. The molecule has 1 saturated carbocycles. The van der Waals surface area contributed by atoms with Gasteiger partial charge in [-0.05, 0) is 79.1 Å². The molecule has 1 aromatic carbocycles. The first kappa shape index (κ1) is 36.6. The second-order valence-electron chi connectivity index (χ2n) is 13.1. The van der Waals surface area contributed by atoms with Gasteiger partial charge in [0.2, 0.25) is 11.8 Å². The lowest BCUT2D eigenvalue weighted by Crippen LogP contribution is -2.71. The van der Waals surface area contributed by atoms with E-state index in [1.807, 2.05) is 0 Å². The third-order valence-corrected chi connectivity index (χ3v) is 11.5. The van der Waals surface area contributed by atoms with Crippen LogP contribution in [0.25, 0.3) is 0 Å². The van der Waals surface area contributed by atoms with Crippen molar-refractivity contribution in [2.75, 3.05) is 23.3 Å². The van der Waals surface area contributed by atoms with E-state index in [0.717, 1.165) is 41.9 Å². The van der Waals surface area contributed by atoms with Crippen LogP contribution in [0.4, 0.5) is 10.8 Å². The molecule has 2 aromatic heterocycles. The highest BCUT2D eigenvalue weighted by atomic mass is 32.2. The van der Waals surface area contributed by atoms with Gasteiger partial charge in [-0.1, -0.05) is 11.2 Å². The Labute approximate surface area is 316 Å². The summed E-state index contributed by atoms with van der Waals surface area (Å²) < 4.78 is 0. The molecule has 4 amide bonds. The third kappa shape index (κ3) is 7.52. The van der Waals surface area contributed by atoms with E-state index in [-0.39, 0.29) is 58.3 Å². The van der Waals surface area contributed by atoms with Crippen LogP contribution in [0.5, 0.6) is 5.75 Å². The summed E-state index contributed by atoms with van der Waals surface area (Å²) in [6.07, 6.45) is 6.57. The number of oxime groups is 1. The van der Waals surface area contributed by atoms with Gasteiger partial charge in [-0.15, -0.1) is 23.1 Å². The number of β-lactam (4-membered cyclic amide) rings is 1. The van der Waals surface area contributed by atoms with Gasteiger partial charge < -0.3 is 36.7 Å². The minimum atomic E-state index is -1.41. The monoisotopic (exact) mass is 772 g/mol. The summed E-state index contributed by atoms with van der Waals surface area (Å²) in [6.45, 7) is 0.304. The molecule has 0 spiro atoms. The summed E-state index contributed by atoms with van der Waals surface area (Å²) in [4.78, 5) is 82.9. The lowest BCUT2D eigenvalue weighted by molar-refractivity contribution is -0.150. The van der Waals surface area contributed by atoms with Gasteiger partial charge in [-0.3, -0.25) is 29.1 Å². The number of carboxylic acid groups (broad SMARTS) is 1. The zero-order chi connectivity index (χ0) is 37.9. The number of nitrogens with two attached hydrogens (primary N) is 1. The molecule has 3 atom stereocenters. The molecular weight excluding hydrogens is 737 g/mol. The average Bonchev–Trinajstić information content (AvgIpc) is 3.95. The first-order valence-corrected chi connectivity index (χ1v) is 19.2. The lowest BCUT2D eigenvalue weighted by atomic mass is 9.80. The van der Waals surface area contributed by atoms with E-state index in [0.29, 0.717) is 28.9 Å². The Balaban J connectivity index is 1.21. The normalized spacial score (nSPS) is 21.6. The van der Waals surface area contributed by atoms with Crippen LogP contribution in [-0.4, -0.2) is 90.2 Å². The van der Waals surface area contributed by atoms with Crippen molar-refractivity contribution < 1.29 is 39.0 Å². The fourth-order valence-corrected chi connectivity index (χ4v) is 8.96. The zero-order valence-corrected chi connectivity index (χ0v) is 30.3. The molecule has 2 saturated heterocycles. The molecule has 0 radical (unpaired) electrons. The van der Waals surface area contributed by atoms with Crippen LogP contribution in [0.3, 0.4) is 0 Å². The van der Waals surface area contributed by atoms with Gasteiger partial charge in [0.15, 0.2) is 10.8 Å². The lowest BCUT2D eigenvalue weighted by Gasteiger charge is -2.50. The number of nitrogen functional groups attached to an aromatic ring is 1. The molecule has 1 aliphatic carbocycles. The fraction of sp³-hybridized carbons (Fsp3) is 0.333. The minimum Gasteiger partial charge on any atom is -0.508 e. The van der Waals surface area contributed by atoms with Crippen LogP contribution in [0.15, 0.2) is 81.7 Å². The molecule has 3 aromatic rings. The van der Waals surface area contributed by atoms with E-state index < -0.39 is 46.9 Å². The second kappa shape index (κ2) is 15.7. The van der Waals surface area contributed by atoms with Gasteiger partial charge in [-0.2, -0.15) is 0 Å². The molecule has 16 nitrogen and oxygen atoms in total. The Hall–Kier alpha value is -5.75. The molecule has 4 aliphatic rings. The van der Waals surface area contributed by atoms with Crippen molar-refractivity contribution in [1.29, 1.82) is 0 Å². The number of fused-ring (bicyclic) bond motifs is 1. The predicted molar refractivity (Wildman–Crippen MR) is 199 cm³/mol. The van der Waals surface area contributed by atoms with Crippen molar-refractivity contribution in [1.82, 2.24) is 25.5 Å². The summed E-state index contributed by atoms with van der Waals surface area (Å²) in [5, 5.41) is 33.8. The molecule has 7 rings (SSSR count). The maximum absolute atomic E-state index is 13.9. The van der Waals surface area contributed by atoms with E-state index in [2.05, 4.69) is 31.1 Å². The maximum Gasteiger partial charge on any atom is 0.352 e. The number of amides is 4. The zero-order valence-electron chi connectivity index (χ0n) is 28.7. The largest absolute Gasteiger partial charge is 0.508 e. The van der Waals surface area contributed by atoms with Crippen LogP contribution in [0.1, 0.15) is 55.7 Å². The van der Waals surface area contributed by atoms with Gasteiger partial charge in [-0.25, -0.2) is 9.78 Å². The van der Waals surface area contributed by atoms with Gasteiger partial charge in [0.05, 0.1) is 0 Å². The van der Waals surface area contributed by atoms with E-state index >= 15 is 0 Å². The standard InChI is InChI=1S/C36H36N8O8S2/c37-36-41-25(17-54-36)28(43-52-21-5-1-2-6-21)32(48)42-29-33(49)44-30(35(50)51)24(16-53-34(29)44)27(22-11-13-39-31(22)47)23(18-4-3-12-38-15-18)14-26(46)40-19-7-9-20(45)10-8-19/h3-4,7-10,12,15,17,21,23,29,34,45H,1-2,5-6,11,13-14,16H2,(H2,37,41)(H,39,47)(H,40,46)(H,42,48)(H,50,51)/t23?,29-,34-/m1/s1. The summed E-state index contributed by atoms with van der Waals surface area (Å²) in [5.41, 5.74) is 7.34. The fourth-order valence-electron chi connectivity index (χ4n) is 7.05. The molecule has 7 N–H and O–H groups in total. The van der Waals surface area contributed by atoms with Crippen LogP contribution < -0.4 is 21.7 Å². The number of rotatable bonds is 12. The number of benzene rings is 1. The molecule has 3 fully saturated rings. The molecule has 1 unspecified atom stereocenters. The highest BCUT2D eigenvalue weighted by Gasteiger charge is 2.55. The summed E-state index contributed by atoms with van der Waals surface area (Å²) >= 11 is 2.34. The SMILES string of the molecule is Nc1nc(C(=NOC2CCCC2)C(=O)N[C@@H]2C(=O)N3C(C(=O)O)=C(C(=C4CCNC4=O)C(CC(=O)Nc4ccc(O)cc4)c4cccnc4)CS[C@H]23)cs1. The van der Waals surface area contributed by atoms with Crippen molar-refractivity contribution in [3.8, 4) is 5.75 Å². The first-order valence-electron chi connectivity index (χ1n) is 17.3. The number of nitrogens with zero attached hydrogens (tertiary/aromatic N) is 4. The highest BCUT2D eigenvalue weighted by Crippen LogP contribution is 2.47. The summed E-state index contributed by atoms with van der Waals surface area (Å²) in [7, 11) is 0. The van der Waals surface area contributed by atoms with Crippen molar-refractivity contribution in [2.45, 2.75) is 62.0 Å².